The van der Waals surface area contributed by atoms with E-state index in [9.17, 15) is 0 Å². The molecular formula is C46H53Cl2SiZr. The molecule has 0 nitrogen and oxygen atoms in total. The summed E-state index contributed by atoms with van der Waals surface area (Å²) in [5.41, 5.74) is 16.0. The van der Waals surface area contributed by atoms with Gasteiger partial charge in [0.1, 0.15) is 0 Å². The topological polar surface area (TPSA) is 0 Å². The maximum absolute atomic E-state index is 4.82. The van der Waals surface area contributed by atoms with Crippen LogP contribution >= 0.6 is 0 Å². The molecule has 1 atom stereocenters. The van der Waals surface area contributed by atoms with E-state index >= 15 is 0 Å². The zero-order chi connectivity index (χ0) is 34.5. The molecule has 6 rings (SSSR count). The fourth-order valence-corrected chi connectivity index (χ4v) is 13.9. The Labute approximate surface area is 327 Å². The minimum atomic E-state index is -1.34. The quantitative estimate of drug-likeness (QED) is 0.123. The summed E-state index contributed by atoms with van der Waals surface area (Å²) in [6.07, 6.45) is 9.51. The van der Waals surface area contributed by atoms with Crippen molar-refractivity contribution in [1.82, 2.24) is 0 Å². The van der Waals surface area contributed by atoms with Crippen molar-refractivity contribution in [2.75, 3.05) is 0 Å². The van der Waals surface area contributed by atoms with Crippen LogP contribution in [0.1, 0.15) is 86.9 Å². The van der Waals surface area contributed by atoms with Gasteiger partial charge in [-0.1, -0.05) is 0 Å². The van der Waals surface area contributed by atoms with Gasteiger partial charge in [-0.05, 0) is 0 Å². The zero-order valence-electron chi connectivity index (χ0n) is 31.5. The third-order valence-corrected chi connectivity index (χ3v) is 16.1. The van der Waals surface area contributed by atoms with Gasteiger partial charge in [0, 0.05) is 0 Å². The van der Waals surface area contributed by atoms with Crippen molar-refractivity contribution in [3.63, 3.8) is 0 Å². The number of hydrogen-bond donors (Lipinski definition) is 0. The average Bonchev–Trinajstić information content (AvgIpc) is 3.59. The van der Waals surface area contributed by atoms with E-state index in [1.807, 2.05) is 0 Å². The first-order valence-corrected chi connectivity index (χ1v) is 23.8. The molecule has 0 N–H and O–H groups in total. The first kappa shape index (κ1) is 40.4. The smallest absolute Gasteiger partial charge is 1.00 e. The van der Waals surface area contributed by atoms with Crippen LogP contribution in [0.15, 0.2) is 121 Å². The third-order valence-electron chi connectivity index (χ3n) is 9.95. The Kier molecular flexibility index (Phi) is 12.4. The van der Waals surface area contributed by atoms with Crippen LogP contribution in [0, 0.1) is 0 Å². The number of halogens is 2. The van der Waals surface area contributed by atoms with Gasteiger partial charge in [0.2, 0.25) is 0 Å². The maximum Gasteiger partial charge on any atom is -1.00 e. The maximum atomic E-state index is 4.82. The molecule has 4 heteroatoms. The molecule has 0 radical (unpaired) electrons. The number of hydrogen-bond acceptors (Lipinski definition) is 0. The van der Waals surface area contributed by atoms with Crippen LogP contribution in [0.2, 0.25) is 28.8 Å². The molecule has 4 aromatic rings. The van der Waals surface area contributed by atoms with E-state index in [2.05, 4.69) is 170 Å². The van der Waals surface area contributed by atoms with Gasteiger partial charge in [0.05, 0.1) is 0 Å². The Balaban J connectivity index is 0.00000281. The molecule has 0 amide bonds. The van der Waals surface area contributed by atoms with Crippen LogP contribution in [-0.4, -0.2) is 11.3 Å². The van der Waals surface area contributed by atoms with Crippen LogP contribution in [-0.2, 0) is 40.0 Å². The molecule has 0 bridgehead atoms. The predicted molar refractivity (Wildman–Crippen MR) is 210 cm³/mol. The SMILES string of the molecule is C=C(C[C]1([Zr+2]=[C](c2ccccc2)c2ccccc2)C=CC=C1c1cc(C(C)(C)C)cc2c1Cc1ccc(C(C)(C)C)cc1-2)C[Si](C)(C)C.[Cl-].[Cl-]. The van der Waals surface area contributed by atoms with Gasteiger partial charge >= 0.3 is 305 Å². The Hall–Kier alpha value is -2.35. The van der Waals surface area contributed by atoms with Gasteiger partial charge in [-0.3, -0.25) is 0 Å². The third kappa shape index (κ3) is 8.64. The first-order valence-electron chi connectivity index (χ1n) is 17.7. The second-order valence-corrected chi connectivity index (χ2v) is 26.9. The van der Waals surface area contributed by atoms with Crippen molar-refractivity contribution in [3.8, 4) is 11.1 Å². The predicted octanol–water partition coefficient (Wildman–Crippen LogP) is 6.61. The van der Waals surface area contributed by atoms with Crippen molar-refractivity contribution in [1.29, 1.82) is 0 Å². The average molecular weight is 796 g/mol. The number of fused-ring (bicyclic) bond motifs is 3. The molecule has 0 saturated heterocycles. The van der Waals surface area contributed by atoms with Crippen molar-refractivity contribution in [2.24, 2.45) is 0 Å². The van der Waals surface area contributed by atoms with Crippen LogP contribution in [0.5, 0.6) is 0 Å². The molecule has 0 aromatic heterocycles. The standard InChI is InChI=1S/C33H43Si.C13H10.2ClH.Zr/c1-22(21-34(8,9)10)16-23-12-11-13-27(23)30-19-26(33(5,6)7)20-31-28-18-25(32(2,3)4)15-14-24(28)17-29(30)31;1-3-7-12(8-4-1)11-13-9-5-2-6-10-13;;;/h11-15,18-20H,1,16-17,21H2,2-10H3;1-10H;2*1H;/q;;;;+2/p-2. The van der Waals surface area contributed by atoms with Crippen LogP contribution in [0.4, 0.5) is 0 Å². The Morgan fingerprint density at radius 1 is 0.720 bits per heavy atom. The van der Waals surface area contributed by atoms with Gasteiger partial charge in [-0.25, -0.2) is 0 Å². The fourth-order valence-electron chi connectivity index (χ4n) is 7.55. The molecule has 0 spiro atoms. The number of allylic oxidation sites excluding steroid dienone is 5. The minimum Gasteiger partial charge on any atom is -1.00 e. The summed E-state index contributed by atoms with van der Waals surface area (Å²) in [6.45, 7) is 26.4. The summed E-state index contributed by atoms with van der Waals surface area (Å²) < 4.78 is 1.54. The molecule has 0 aliphatic heterocycles. The second-order valence-electron chi connectivity index (χ2n) is 17.4. The normalized spacial score (nSPS) is 16.4. The number of rotatable bonds is 8. The van der Waals surface area contributed by atoms with Gasteiger partial charge in [-0.2, -0.15) is 0 Å². The number of benzene rings is 4. The van der Waals surface area contributed by atoms with Crippen LogP contribution in [0.25, 0.3) is 16.7 Å². The summed E-state index contributed by atoms with van der Waals surface area (Å²) in [7, 11) is -1.34. The molecule has 4 aromatic carbocycles. The summed E-state index contributed by atoms with van der Waals surface area (Å²) in [5, 5.41) is 0. The molecule has 2 aliphatic rings. The van der Waals surface area contributed by atoms with E-state index in [1.165, 1.54) is 67.3 Å². The molecule has 259 valence electrons. The van der Waals surface area contributed by atoms with E-state index in [1.54, 1.807) is 3.21 Å². The van der Waals surface area contributed by atoms with Crippen molar-refractivity contribution < 1.29 is 47.6 Å². The van der Waals surface area contributed by atoms with E-state index in [0.29, 0.717) is 0 Å². The molecule has 0 heterocycles. The van der Waals surface area contributed by atoms with Gasteiger partial charge in [0.15, 0.2) is 0 Å². The van der Waals surface area contributed by atoms with Gasteiger partial charge < -0.3 is 24.8 Å². The second kappa shape index (κ2) is 15.3. The van der Waals surface area contributed by atoms with Crippen molar-refractivity contribution >= 4 is 16.9 Å². The van der Waals surface area contributed by atoms with Crippen LogP contribution < -0.4 is 24.8 Å². The molecule has 2 aliphatic carbocycles. The molecule has 50 heavy (non-hydrogen) atoms. The monoisotopic (exact) mass is 793 g/mol. The summed E-state index contributed by atoms with van der Waals surface area (Å²) >= 11 is -1.34. The van der Waals surface area contributed by atoms with Crippen LogP contribution in [0.3, 0.4) is 0 Å². The Bertz CT molecular complexity index is 1910. The molecule has 1 unspecified atom stereocenters. The molecule has 0 fully saturated rings. The summed E-state index contributed by atoms with van der Waals surface area (Å²) in [5.74, 6) is 0. The van der Waals surface area contributed by atoms with E-state index < -0.39 is 30.8 Å². The Morgan fingerprint density at radius 2 is 1.26 bits per heavy atom. The Morgan fingerprint density at radius 3 is 1.80 bits per heavy atom. The van der Waals surface area contributed by atoms with E-state index in [-0.39, 0.29) is 38.8 Å². The van der Waals surface area contributed by atoms with Gasteiger partial charge in [0.25, 0.3) is 0 Å². The van der Waals surface area contributed by atoms with Gasteiger partial charge in [-0.15, -0.1) is 0 Å². The zero-order valence-corrected chi connectivity index (χ0v) is 36.4. The van der Waals surface area contributed by atoms with E-state index in [0.717, 1.165) is 12.8 Å². The molecule has 0 saturated carbocycles. The van der Waals surface area contributed by atoms with E-state index in [4.69, 9.17) is 6.58 Å². The first-order chi connectivity index (χ1) is 22.5. The minimum absolute atomic E-state index is 0. The van der Waals surface area contributed by atoms with Crippen molar-refractivity contribution in [2.45, 2.75) is 94.0 Å². The summed E-state index contributed by atoms with van der Waals surface area (Å²) in [4.78, 5) is 0. The fraction of sp³-hybridized carbons (Fsp3) is 0.326. The molecular weight excluding hydrogens is 743 g/mol. The largest absolute Gasteiger partial charge is 1.00 e. The summed E-state index contributed by atoms with van der Waals surface area (Å²) in [6, 6.07) is 36.0. The van der Waals surface area contributed by atoms with Crippen molar-refractivity contribution in [3.05, 3.63) is 160 Å².